The first-order valence-electron chi connectivity index (χ1n) is 22.4. The lowest BCUT2D eigenvalue weighted by molar-refractivity contribution is -0.137. The van der Waals surface area contributed by atoms with E-state index in [1.165, 1.54) is 0 Å². The summed E-state index contributed by atoms with van der Waals surface area (Å²) in [5, 5.41) is 38.1. The maximum absolute atomic E-state index is 11.9. The Morgan fingerprint density at radius 2 is 1.35 bits per heavy atom. The predicted octanol–water partition coefficient (Wildman–Crippen LogP) is 4.31. The highest BCUT2D eigenvalue weighted by Crippen LogP contribution is 2.50. The molecule has 1 saturated carbocycles. The van der Waals surface area contributed by atoms with E-state index in [9.17, 15) is 15.0 Å². The van der Waals surface area contributed by atoms with Crippen LogP contribution in [0.3, 0.4) is 0 Å². The molecule has 5 aliphatic heterocycles. The molecule has 5 heterocycles. The molecule has 0 spiro atoms. The molecule has 6 aliphatic rings. The molecule has 318 valence electrons. The average Bonchev–Trinajstić information content (AvgIpc) is 3.95. The van der Waals surface area contributed by atoms with Crippen molar-refractivity contribution in [2.45, 2.75) is 134 Å². The van der Waals surface area contributed by atoms with Crippen molar-refractivity contribution in [2.75, 3.05) is 46.8 Å². The van der Waals surface area contributed by atoms with Crippen LogP contribution < -0.4 is 26.0 Å². The second kappa shape index (κ2) is 19.4. The number of hydrogen-bond acceptors (Lipinski definition) is 10. The Morgan fingerprint density at radius 3 is 2.11 bits per heavy atom. The van der Waals surface area contributed by atoms with Crippen molar-refractivity contribution in [3.05, 3.63) is 29.8 Å². The van der Waals surface area contributed by atoms with Crippen LogP contribution in [0.25, 0.3) is 0 Å². The van der Waals surface area contributed by atoms with E-state index in [1.807, 2.05) is 18.2 Å². The molecule has 0 radical (unpaired) electrons. The van der Waals surface area contributed by atoms with E-state index in [0.717, 1.165) is 43.4 Å². The van der Waals surface area contributed by atoms with Crippen molar-refractivity contribution in [1.29, 1.82) is 0 Å². The number of aliphatic hydroxyl groups excluding tert-OH is 1. The highest BCUT2D eigenvalue weighted by Gasteiger charge is 2.58. The minimum atomic E-state index is -0.725. The number of para-hydroxylation sites is 1. The molecule has 1 aromatic carbocycles. The van der Waals surface area contributed by atoms with Gasteiger partial charge in [-0.05, 0) is 85.7 Å². The Balaban J connectivity index is 1.12. The maximum Gasteiger partial charge on any atom is 0.303 e. The quantitative estimate of drug-likeness (QED) is 0.119. The number of nitrogens with one attached hydrogen (secondary N) is 4. The van der Waals surface area contributed by atoms with E-state index >= 15 is 0 Å². The van der Waals surface area contributed by atoms with E-state index in [0.29, 0.717) is 93.8 Å². The summed E-state index contributed by atoms with van der Waals surface area (Å²) in [6.45, 7) is 15.0. The van der Waals surface area contributed by atoms with Crippen molar-refractivity contribution in [3.8, 4) is 17.6 Å². The molecule has 16 unspecified atom stereocenters. The summed E-state index contributed by atoms with van der Waals surface area (Å²) in [6, 6.07) is 10.4. The minimum Gasteiger partial charge on any atom is -0.490 e. The van der Waals surface area contributed by atoms with Crippen molar-refractivity contribution in [1.82, 2.24) is 21.3 Å². The Hall–Kier alpha value is -2.27. The van der Waals surface area contributed by atoms with Gasteiger partial charge >= 0.3 is 5.97 Å². The number of aliphatic hydroxyl groups is 1. The van der Waals surface area contributed by atoms with Gasteiger partial charge in [-0.25, -0.2) is 0 Å². The van der Waals surface area contributed by atoms with E-state index in [-0.39, 0.29) is 66.4 Å². The summed E-state index contributed by atoms with van der Waals surface area (Å²) in [7, 11) is 1.66. The zero-order valence-corrected chi connectivity index (χ0v) is 35.3. The molecule has 7 rings (SSSR count). The minimum absolute atomic E-state index is 0.159. The molecule has 0 aromatic heterocycles. The Kier molecular flexibility index (Phi) is 14.6. The summed E-state index contributed by atoms with van der Waals surface area (Å²) in [5.41, 5.74) is 0.899. The molecular formula is C46H72N4O7. The van der Waals surface area contributed by atoms with Gasteiger partial charge in [0.25, 0.3) is 0 Å². The number of aliphatic carboxylic acids is 1. The first-order valence-corrected chi connectivity index (χ1v) is 22.4. The van der Waals surface area contributed by atoms with Gasteiger partial charge in [0.05, 0.1) is 44.7 Å². The van der Waals surface area contributed by atoms with Gasteiger partial charge in [-0.1, -0.05) is 65.0 Å². The van der Waals surface area contributed by atoms with Gasteiger partial charge in [-0.3, -0.25) is 4.79 Å². The van der Waals surface area contributed by atoms with Crippen molar-refractivity contribution in [3.63, 3.8) is 0 Å². The van der Waals surface area contributed by atoms with E-state index in [2.05, 4.69) is 73.8 Å². The zero-order valence-electron chi connectivity index (χ0n) is 35.3. The number of ether oxygens (including phenoxy) is 4. The predicted molar refractivity (Wildman–Crippen MR) is 221 cm³/mol. The smallest absolute Gasteiger partial charge is 0.303 e. The molecule has 1 aliphatic carbocycles. The van der Waals surface area contributed by atoms with Crippen LogP contribution in [-0.2, 0) is 19.0 Å². The highest BCUT2D eigenvalue weighted by atomic mass is 16.6. The van der Waals surface area contributed by atoms with Crippen LogP contribution in [0.1, 0.15) is 85.1 Å². The maximum atomic E-state index is 11.9. The summed E-state index contributed by atoms with van der Waals surface area (Å²) in [4.78, 5) is 11.9. The molecule has 1 aromatic rings. The van der Waals surface area contributed by atoms with E-state index < -0.39 is 5.97 Å². The van der Waals surface area contributed by atoms with E-state index in [1.54, 1.807) is 7.11 Å². The summed E-state index contributed by atoms with van der Waals surface area (Å²) >= 11 is 0. The number of methoxy groups -OCH3 is 1. The molecule has 8 bridgehead atoms. The van der Waals surface area contributed by atoms with Crippen LogP contribution in [-0.4, -0.2) is 117 Å². The third kappa shape index (κ3) is 9.39. The summed E-state index contributed by atoms with van der Waals surface area (Å²) in [6.07, 6.45) is 5.50. The Bertz CT molecular complexity index is 1540. The number of carboxylic acid groups (broad SMARTS) is 1. The normalized spacial score (nSPS) is 42.2. The van der Waals surface area contributed by atoms with E-state index in [4.69, 9.17) is 18.9 Å². The monoisotopic (exact) mass is 793 g/mol. The lowest BCUT2D eigenvalue weighted by Gasteiger charge is -2.32. The number of rotatable bonds is 14. The average molecular weight is 793 g/mol. The molecule has 0 amide bonds. The molecule has 5 saturated heterocycles. The van der Waals surface area contributed by atoms with Crippen molar-refractivity contribution < 1.29 is 34.0 Å². The largest absolute Gasteiger partial charge is 0.490 e. The molecular weight excluding hydrogens is 721 g/mol. The van der Waals surface area contributed by atoms with Gasteiger partial charge in [-0.15, -0.1) is 0 Å². The highest BCUT2D eigenvalue weighted by molar-refractivity contribution is 5.66. The molecule has 11 nitrogen and oxygen atoms in total. The van der Waals surface area contributed by atoms with Gasteiger partial charge in [0.1, 0.15) is 12.4 Å². The molecule has 6 fully saturated rings. The fraction of sp³-hybridized carbons (Fsp3) is 0.804. The first kappa shape index (κ1) is 42.8. The van der Waals surface area contributed by atoms with Crippen LogP contribution in [0.4, 0.5) is 0 Å². The summed E-state index contributed by atoms with van der Waals surface area (Å²) < 4.78 is 22.4. The SMILES string of the molecule is CCC1C2CC3NC4C(CC(O)C4C3C)C3NC(CC4NC(CC(N2)C1C)C(C#Cc1ccccc1OCCOCCOCCOC)C4C)[C@@H](C)[C@@H]3CCC(=O)O. The van der Waals surface area contributed by atoms with Crippen LogP contribution in [0.2, 0.25) is 0 Å². The molecule has 57 heavy (non-hydrogen) atoms. The molecule has 18 atom stereocenters. The second-order valence-corrected chi connectivity index (χ2v) is 18.6. The molecule has 6 N–H and O–H groups in total. The first-order chi connectivity index (χ1) is 27.6. The fourth-order valence-electron chi connectivity index (χ4n) is 12.6. The van der Waals surface area contributed by atoms with Gasteiger partial charge in [0, 0.05) is 73.7 Å². The summed E-state index contributed by atoms with van der Waals surface area (Å²) in [5.74, 6) is 10.6. The number of hydrogen-bond donors (Lipinski definition) is 6. The van der Waals surface area contributed by atoms with Gasteiger partial charge in [-0.2, -0.15) is 0 Å². The number of fused-ring (bicyclic) bond motifs is 8. The van der Waals surface area contributed by atoms with Crippen molar-refractivity contribution in [2.24, 2.45) is 53.3 Å². The van der Waals surface area contributed by atoms with Gasteiger partial charge < -0.3 is 50.4 Å². The fourth-order valence-corrected chi connectivity index (χ4v) is 12.6. The number of benzene rings is 1. The van der Waals surface area contributed by atoms with Gasteiger partial charge in [0.2, 0.25) is 0 Å². The Morgan fingerprint density at radius 1 is 0.737 bits per heavy atom. The standard InChI is InChI=1S/C46H72N4O7/c1-7-31-26(2)36-24-40-32(13-12-30-10-8-9-11-42(30)57-21-20-56-19-18-55-17-16-54-6)27(3)35(48-40)23-37-28(4)33(14-15-43(52)53)45(49-37)34-22-41(51)44-29(5)38(50-46(34)44)25-39(31)47-36/h8-11,26-29,31-41,44-51H,7,14-25H2,1-6H3,(H,52,53)/t26?,27?,28-,29?,31?,32?,33-,34?,35?,36?,37?,38?,39?,40?,41?,44?,45?,46?/m0/s1. The van der Waals surface area contributed by atoms with Crippen LogP contribution in [0.5, 0.6) is 5.75 Å². The second-order valence-electron chi connectivity index (χ2n) is 18.6. The lowest BCUT2D eigenvalue weighted by atomic mass is 9.76. The van der Waals surface area contributed by atoms with Gasteiger partial charge in [0.15, 0.2) is 0 Å². The zero-order chi connectivity index (χ0) is 40.2. The van der Waals surface area contributed by atoms with Crippen LogP contribution in [0.15, 0.2) is 24.3 Å². The molecule has 11 heteroatoms. The van der Waals surface area contributed by atoms with Crippen molar-refractivity contribution >= 4 is 5.97 Å². The van der Waals surface area contributed by atoms with Crippen LogP contribution in [0, 0.1) is 65.1 Å². The topological polar surface area (TPSA) is 143 Å². The Labute approximate surface area is 341 Å². The third-order valence-corrected chi connectivity index (χ3v) is 15.7. The third-order valence-electron chi connectivity index (χ3n) is 15.7. The van der Waals surface area contributed by atoms with Crippen LogP contribution >= 0.6 is 0 Å². The number of carbonyl (C=O) groups is 1. The lowest BCUT2D eigenvalue weighted by Crippen LogP contribution is -2.48. The number of carboxylic acids is 1.